The van der Waals surface area contributed by atoms with Gasteiger partial charge in [0.05, 0.1) is 41.2 Å². The van der Waals surface area contributed by atoms with Gasteiger partial charge in [-0.25, -0.2) is 4.68 Å². The summed E-state index contributed by atoms with van der Waals surface area (Å²) in [4.78, 5) is 28.2. The van der Waals surface area contributed by atoms with Gasteiger partial charge in [-0.05, 0) is 51.7 Å². The SMILES string of the molecule is Cc1ccc(-n2nnc(C(=O)NC3(CO)CN(C(=O)[C@]45C[C@H]4COC54CCC4)C3)c2C)cc1. The maximum absolute atomic E-state index is 13.4. The highest BCUT2D eigenvalue weighted by Gasteiger charge is 2.78. The smallest absolute Gasteiger partial charge is 0.274 e. The van der Waals surface area contributed by atoms with Crippen LogP contribution in [0.15, 0.2) is 24.3 Å². The molecular formula is C24H29N5O4. The van der Waals surface area contributed by atoms with Crippen LogP contribution < -0.4 is 5.32 Å². The van der Waals surface area contributed by atoms with Crippen LogP contribution in [0.5, 0.6) is 0 Å². The van der Waals surface area contributed by atoms with E-state index in [1.807, 2.05) is 31.2 Å². The zero-order valence-electron chi connectivity index (χ0n) is 19.0. The normalized spacial score (nSPS) is 28.1. The summed E-state index contributed by atoms with van der Waals surface area (Å²) in [7, 11) is 0. The van der Waals surface area contributed by atoms with Gasteiger partial charge in [0.25, 0.3) is 5.91 Å². The number of likely N-dealkylation sites (tertiary alicyclic amines) is 1. The molecule has 1 aromatic carbocycles. The van der Waals surface area contributed by atoms with E-state index in [2.05, 4.69) is 15.6 Å². The van der Waals surface area contributed by atoms with Crippen LogP contribution in [0.1, 0.15) is 47.4 Å². The summed E-state index contributed by atoms with van der Waals surface area (Å²) < 4.78 is 7.68. The van der Waals surface area contributed by atoms with Crippen molar-refractivity contribution < 1.29 is 19.4 Å². The summed E-state index contributed by atoms with van der Waals surface area (Å²) in [6.45, 7) is 4.82. The lowest BCUT2D eigenvalue weighted by atomic mass is 9.67. The fourth-order valence-corrected chi connectivity index (χ4v) is 6.12. The van der Waals surface area contributed by atoms with Crippen molar-refractivity contribution in [3.8, 4) is 5.69 Å². The first-order chi connectivity index (χ1) is 15.8. The number of aliphatic hydroxyl groups is 1. The molecule has 0 unspecified atom stereocenters. The van der Waals surface area contributed by atoms with E-state index in [4.69, 9.17) is 4.74 Å². The Bertz CT molecular complexity index is 1130. The number of hydrogen-bond donors (Lipinski definition) is 2. The van der Waals surface area contributed by atoms with Crippen LogP contribution >= 0.6 is 0 Å². The van der Waals surface area contributed by atoms with Gasteiger partial charge in [0.2, 0.25) is 5.91 Å². The van der Waals surface area contributed by atoms with Crippen LogP contribution in [0.2, 0.25) is 0 Å². The Morgan fingerprint density at radius 1 is 1.21 bits per heavy atom. The van der Waals surface area contributed by atoms with Gasteiger partial charge in [-0.15, -0.1) is 5.10 Å². The van der Waals surface area contributed by atoms with E-state index in [-0.39, 0.29) is 29.2 Å². The lowest BCUT2D eigenvalue weighted by Gasteiger charge is -2.53. The average molecular weight is 452 g/mol. The first-order valence-corrected chi connectivity index (χ1v) is 11.7. The zero-order valence-corrected chi connectivity index (χ0v) is 19.0. The number of rotatable bonds is 5. The number of aromatic nitrogens is 3. The van der Waals surface area contributed by atoms with Gasteiger partial charge in [-0.1, -0.05) is 22.9 Å². The van der Waals surface area contributed by atoms with Crippen LogP contribution in [0.4, 0.5) is 0 Å². The standard InChI is InChI=1S/C24H29N5O4/c1-15-4-6-18(7-5-15)29-16(2)19(26-27-29)20(31)25-22(14-30)12-28(13-22)21(32)24-10-17(24)11-33-23(24)8-3-9-23/h4-7,17,30H,3,8-14H2,1-2H3,(H,25,31)/t17-,24-/m0/s1. The monoisotopic (exact) mass is 451 g/mol. The van der Waals surface area contributed by atoms with Gasteiger partial charge in [0, 0.05) is 19.0 Å². The summed E-state index contributed by atoms with van der Waals surface area (Å²) in [5, 5.41) is 21.3. The molecule has 2 aliphatic carbocycles. The highest BCUT2D eigenvalue weighted by Crippen LogP contribution is 2.72. The number of aryl methyl sites for hydroxylation is 1. The third-order valence-corrected chi connectivity index (χ3v) is 8.37. The van der Waals surface area contributed by atoms with E-state index >= 15 is 0 Å². The zero-order chi connectivity index (χ0) is 23.0. The Morgan fingerprint density at radius 3 is 2.55 bits per heavy atom. The molecule has 9 heteroatoms. The molecular weight excluding hydrogens is 422 g/mol. The fraction of sp³-hybridized carbons (Fsp3) is 0.583. The Morgan fingerprint density at radius 2 is 1.94 bits per heavy atom. The van der Waals surface area contributed by atoms with Crippen molar-refractivity contribution in [1.82, 2.24) is 25.2 Å². The van der Waals surface area contributed by atoms with Gasteiger partial charge in [0.1, 0.15) is 0 Å². The minimum Gasteiger partial charge on any atom is -0.394 e. The molecule has 4 aliphatic rings. The van der Waals surface area contributed by atoms with E-state index in [1.54, 1.807) is 16.5 Å². The molecule has 2 saturated carbocycles. The number of nitrogens with zero attached hydrogens (tertiary/aromatic N) is 4. The molecule has 1 spiro atoms. The summed E-state index contributed by atoms with van der Waals surface area (Å²) in [5.41, 5.74) is 1.29. The van der Waals surface area contributed by atoms with Gasteiger partial charge < -0.3 is 20.1 Å². The second-order valence-corrected chi connectivity index (χ2v) is 10.4. The summed E-state index contributed by atoms with van der Waals surface area (Å²) in [6.07, 6.45) is 3.94. The molecule has 174 valence electrons. The second kappa shape index (κ2) is 6.87. The van der Waals surface area contributed by atoms with Crippen LogP contribution in [0.25, 0.3) is 5.69 Å². The number of carbonyl (C=O) groups excluding carboxylic acids is 2. The summed E-state index contributed by atoms with van der Waals surface area (Å²) in [6, 6.07) is 7.80. The molecule has 1 aromatic heterocycles. The largest absolute Gasteiger partial charge is 0.394 e. The highest BCUT2D eigenvalue weighted by molar-refractivity contribution is 5.95. The third-order valence-electron chi connectivity index (χ3n) is 8.37. The second-order valence-electron chi connectivity index (χ2n) is 10.4. The van der Waals surface area contributed by atoms with Crippen LogP contribution in [0, 0.1) is 25.2 Å². The predicted octanol–water partition coefficient (Wildman–Crippen LogP) is 1.15. The average Bonchev–Trinajstić information content (AvgIpc) is 3.20. The fourth-order valence-electron chi connectivity index (χ4n) is 6.12. The van der Waals surface area contributed by atoms with E-state index < -0.39 is 11.4 Å². The van der Waals surface area contributed by atoms with E-state index in [0.29, 0.717) is 31.3 Å². The Hall–Kier alpha value is -2.78. The number of ether oxygens (including phenoxy) is 1. The number of fused-ring (bicyclic) bond motifs is 2. The first-order valence-electron chi connectivity index (χ1n) is 11.7. The van der Waals surface area contributed by atoms with Crippen LogP contribution in [-0.4, -0.2) is 74.3 Å². The lowest BCUT2D eigenvalue weighted by Crippen LogP contribution is -2.74. The van der Waals surface area contributed by atoms with Crippen molar-refractivity contribution in [1.29, 1.82) is 0 Å². The maximum Gasteiger partial charge on any atom is 0.274 e. The minimum atomic E-state index is -0.861. The van der Waals surface area contributed by atoms with Crippen molar-refractivity contribution >= 4 is 11.8 Å². The quantitative estimate of drug-likeness (QED) is 0.706. The molecule has 33 heavy (non-hydrogen) atoms. The number of nitrogens with one attached hydrogen (secondary N) is 1. The lowest BCUT2D eigenvalue weighted by molar-refractivity contribution is -0.167. The molecule has 9 nitrogen and oxygen atoms in total. The Kier molecular flexibility index (Phi) is 4.33. The van der Waals surface area contributed by atoms with Crippen LogP contribution in [-0.2, 0) is 9.53 Å². The molecule has 3 heterocycles. The summed E-state index contributed by atoms with van der Waals surface area (Å²) in [5.74, 6) is 0.0575. The van der Waals surface area contributed by atoms with E-state index in [0.717, 1.165) is 36.9 Å². The molecule has 0 bridgehead atoms. The number of hydrogen-bond acceptors (Lipinski definition) is 6. The van der Waals surface area contributed by atoms with Crippen molar-refractivity contribution in [3.63, 3.8) is 0 Å². The van der Waals surface area contributed by atoms with Crippen molar-refractivity contribution in [2.24, 2.45) is 11.3 Å². The van der Waals surface area contributed by atoms with Crippen LogP contribution in [0.3, 0.4) is 0 Å². The summed E-state index contributed by atoms with van der Waals surface area (Å²) >= 11 is 0. The van der Waals surface area contributed by atoms with Gasteiger partial charge in [-0.2, -0.15) is 0 Å². The first kappa shape index (κ1) is 20.8. The van der Waals surface area contributed by atoms with Gasteiger partial charge in [-0.3, -0.25) is 9.59 Å². The molecule has 2 saturated heterocycles. The third kappa shape index (κ3) is 2.78. The molecule has 2 atom stereocenters. The molecule has 2 N–H and O–H groups in total. The maximum atomic E-state index is 13.4. The van der Waals surface area contributed by atoms with Gasteiger partial charge >= 0.3 is 0 Å². The molecule has 2 aliphatic heterocycles. The molecule has 2 aromatic rings. The topological polar surface area (TPSA) is 110 Å². The van der Waals surface area contributed by atoms with E-state index in [9.17, 15) is 14.7 Å². The molecule has 6 rings (SSSR count). The number of carbonyl (C=O) groups is 2. The van der Waals surface area contributed by atoms with Crippen molar-refractivity contribution in [3.05, 3.63) is 41.2 Å². The molecule has 2 amide bonds. The van der Waals surface area contributed by atoms with Crippen molar-refractivity contribution in [2.75, 3.05) is 26.3 Å². The Balaban J connectivity index is 1.15. The number of amides is 2. The van der Waals surface area contributed by atoms with Crippen molar-refractivity contribution in [2.45, 2.75) is 50.7 Å². The highest BCUT2D eigenvalue weighted by atomic mass is 16.5. The van der Waals surface area contributed by atoms with E-state index in [1.165, 1.54) is 0 Å². The van der Waals surface area contributed by atoms with Gasteiger partial charge in [0.15, 0.2) is 5.69 Å². The Labute approximate surface area is 192 Å². The number of aliphatic hydroxyl groups excluding tert-OH is 1. The number of benzene rings is 1. The molecule has 4 fully saturated rings. The molecule has 0 radical (unpaired) electrons. The minimum absolute atomic E-state index is 0.129. The predicted molar refractivity (Wildman–Crippen MR) is 118 cm³/mol.